The first-order chi connectivity index (χ1) is 12.1. The molecule has 1 atom stereocenters. The highest BCUT2D eigenvalue weighted by molar-refractivity contribution is 8.00. The van der Waals surface area contributed by atoms with Crippen LogP contribution in [0.5, 0.6) is 0 Å². The number of hydrogen-bond acceptors (Lipinski definition) is 5. The molecule has 1 fully saturated rings. The minimum Gasteiger partial charge on any atom is -0.355 e. The molecule has 1 aromatic rings. The first-order valence-electron chi connectivity index (χ1n) is 8.53. The predicted molar refractivity (Wildman–Crippen MR) is 99.5 cm³/mol. The maximum atomic E-state index is 12.3. The summed E-state index contributed by atoms with van der Waals surface area (Å²) in [6.07, 6.45) is 1.61. The molecule has 0 radical (unpaired) electrons. The van der Waals surface area contributed by atoms with Gasteiger partial charge in [0.05, 0.1) is 17.4 Å². The number of benzene rings is 1. The van der Waals surface area contributed by atoms with E-state index in [-0.39, 0.29) is 35.0 Å². The Morgan fingerprint density at radius 3 is 2.68 bits per heavy atom. The monoisotopic (exact) mass is 363 g/mol. The third-order valence-corrected chi connectivity index (χ3v) is 5.06. The van der Waals surface area contributed by atoms with Crippen molar-refractivity contribution in [1.82, 2.24) is 10.2 Å². The van der Waals surface area contributed by atoms with E-state index in [0.29, 0.717) is 31.7 Å². The molecule has 2 amide bonds. The zero-order valence-electron chi connectivity index (χ0n) is 14.3. The molecule has 0 bridgehead atoms. The van der Waals surface area contributed by atoms with Crippen molar-refractivity contribution < 1.29 is 14.4 Å². The Hall–Kier alpha value is -1.86. The molecule has 7 heteroatoms. The lowest BCUT2D eigenvalue weighted by Gasteiger charge is -2.32. The van der Waals surface area contributed by atoms with Gasteiger partial charge in [-0.05, 0) is 12.8 Å². The van der Waals surface area contributed by atoms with Crippen molar-refractivity contribution in [2.24, 2.45) is 11.7 Å². The van der Waals surface area contributed by atoms with Gasteiger partial charge in [-0.1, -0.05) is 30.3 Å². The van der Waals surface area contributed by atoms with Gasteiger partial charge in [-0.25, -0.2) is 0 Å². The number of nitrogens with one attached hydrogen (secondary N) is 1. The summed E-state index contributed by atoms with van der Waals surface area (Å²) in [5, 5.41) is 2.79. The van der Waals surface area contributed by atoms with Crippen molar-refractivity contribution in [2.75, 3.05) is 37.7 Å². The SMILES string of the molecule is NCCNC(=O)C1CCCN(C(=O)CSCC(=O)c2ccccc2)C1. The van der Waals surface area contributed by atoms with Crippen LogP contribution in [0.15, 0.2) is 30.3 Å². The van der Waals surface area contributed by atoms with Gasteiger partial charge in [0.1, 0.15) is 0 Å². The fourth-order valence-electron chi connectivity index (χ4n) is 2.79. The maximum absolute atomic E-state index is 12.3. The average Bonchev–Trinajstić information content (AvgIpc) is 2.66. The zero-order valence-corrected chi connectivity index (χ0v) is 15.1. The first-order valence-corrected chi connectivity index (χ1v) is 9.69. The van der Waals surface area contributed by atoms with Gasteiger partial charge in [0.25, 0.3) is 0 Å². The van der Waals surface area contributed by atoms with Crippen LogP contribution in [0.3, 0.4) is 0 Å². The van der Waals surface area contributed by atoms with E-state index >= 15 is 0 Å². The summed E-state index contributed by atoms with van der Waals surface area (Å²) in [5.74, 6) is 0.355. The molecule has 25 heavy (non-hydrogen) atoms. The van der Waals surface area contributed by atoms with Crippen LogP contribution in [0.1, 0.15) is 23.2 Å². The standard InChI is InChI=1S/C18H25N3O3S/c19-8-9-20-18(24)15-7-4-10-21(11-15)17(23)13-25-12-16(22)14-5-2-1-3-6-14/h1-3,5-6,15H,4,7-13,19H2,(H,20,24). The summed E-state index contributed by atoms with van der Waals surface area (Å²) in [6.45, 7) is 1.99. The van der Waals surface area contributed by atoms with Gasteiger partial charge < -0.3 is 16.0 Å². The van der Waals surface area contributed by atoms with Crippen molar-refractivity contribution in [3.05, 3.63) is 35.9 Å². The van der Waals surface area contributed by atoms with Gasteiger partial charge >= 0.3 is 0 Å². The van der Waals surface area contributed by atoms with Gasteiger partial charge in [0.15, 0.2) is 5.78 Å². The minimum absolute atomic E-state index is 0.0119. The van der Waals surface area contributed by atoms with Gasteiger partial charge in [-0.15, -0.1) is 11.8 Å². The van der Waals surface area contributed by atoms with Crippen molar-refractivity contribution in [3.8, 4) is 0 Å². The van der Waals surface area contributed by atoms with Crippen LogP contribution in [-0.4, -0.2) is 60.2 Å². The number of carbonyl (C=O) groups excluding carboxylic acids is 3. The normalized spacial score (nSPS) is 17.2. The number of Topliss-reactive ketones (excluding diaryl/α,β-unsaturated/α-hetero) is 1. The van der Waals surface area contributed by atoms with Crippen molar-refractivity contribution in [1.29, 1.82) is 0 Å². The number of carbonyl (C=O) groups is 3. The molecular weight excluding hydrogens is 338 g/mol. The topological polar surface area (TPSA) is 92.5 Å². The molecule has 1 aliphatic rings. The molecule has 3 N–H and O–H groups in total. The fraction of sp³-hybridized carbons (Fsp3) is 0.500. The van der Waals surface area contributed by atoms with Gasteiger partial charge in [-0.3, -0.25) is 14.4 Å². The number of piperidine rings is 1. The number of rotatable bonds is 8. The molecule has 1 unspecified atom stereocenters. The van der Waals surface area contributed by atoms with Gasteiger partial charge in [0.2, 0.25) is 11.8 Å². The van der Waals surface area contributed by atoms with E-state index in [1.165, 1.54) is 11.8 Å². The fourth-order valence-corrected chi connectivity index (χ4v) is 3.60. The molecule has 2 rings (SSSR count). The molecule has 0 aromatic heterocycles. The van der Waals surface area contributed by atoms with E-state index < -0.39 is 0 Å². The first kappa shape index (κ1) is 19.5. The van der Waals surface area contributed by atoms with Crippen LogP contribution in [0, 0.1) is 5.92 Å². The molecule has 0 aliphatic carbocycles. The molecule has 1 aliphatic heterocycles. The molecule has 0 spiro atoms. The summed E-state index contributed by atoms with van der Waals surface area (Å²) >= 11 is 1.32. The minimum atomic E-state index is -0.166. The number of nitrogens with two attached hydrogens (primary N) is 1. The van der Waals surface area contributed by atoms with E-state index in [0.717, 1.165) is 12.8 Å². The smallest absolute Gasteiger partial charge is 0.232 e. The number of hydrogen-bond donors (Lipinski definition) is 2. The lowest BCUT2D eigenvalue weighted by atomic mass is 9.97. The van der Waals surface area contributed by atoms with E-state index in [1.807, 2.05) is 18.2 Å². The van der Waals surface area contributed by atoms with Crippen LogP contribution in [-0.2, 0) is 9.59 Å². The number of likely N-dealkylation sites (tertiary alicyclic amines) is 1. The van der Waals surface area contributed by atoms with Crippen LogP contribution < -0.4 is 11.1 Å². The third kappa shape index (κ3) is 6.17. The Kier molecular flexibility index (Phi) is 7.94. The highest BCUT2D eigenvalue weighted by Gasteiger charge is 2.28. The number of ketones is 1. The second-order valence-corrected chi connectivity index (χ2v) is 7.03. The molecule has 1 saturated heterocycles. The zero-order chi connectivity index (χ0) is 18.1. The number of amides is 2. The number of thioether (sulfide) groups is 1. The molecule has 0 saturated carbocycles. The van der Waals surface area contributed by atoms with Crippen LogP contribution >= 0.6 is 11.8 Å². The third-order valence-electron chi connectivity index (χ3n) is 4.14. The average molecular weight is 363 g/mol. The molecule has 1 aromatic carbocycles. The molecular formula is C18H25N3O3S. The van der Waals surface area contributed by atoms with E-state index in [2.05, 4.69) is 5.32 Å². The summed E-state index contributed by atoms with van der Waals surface area (Å²) in [6, 6.07) is 9.07. The molecule has 6 nitrogen and oxygen atoms in total. The second-order valence-electron chi connectivity index (χ2n) is 6.04. The van der Waals surface area contributed by atoms with E-state index in [4.69, 9.17) is 5.73 Å². The Labute approximate surface area is 152 Å². The Morgan fingerprint density at radius 2 is 1.96 bits per heavy atom. The van der Waals surface area contributed by atoms with Crippen LogP contribution in [0.25, 0.3) is 0 Å². The van der Waals surface area contributed by atoms with Gasteiger partial charge in [0, 0.05) is 31.7 Å². The van der Waals surface area contributed by atoms with Crippen molar-refractivity contribution >= 4 is 29.4 Å². The lowest BCUT2D eigenvalue weighted by Crippen LogP contribution is -2.46. The Balaban J connectivity index is 1.74. The summed E-state index contributed by atoms with van der Waals surface area (Å²) in [5.41, 5.74) is 6.06. The number of nitrogens with zero attached hydrogens (tertiary/aromatic N) is 1. The van der Waals surface area contributed by atoms with Crippen molar-refractivity contribution in [3.63, 3.8) is 0 Å². The highest BCUT2D eigenvalue weighted by Crippen LogP contribution is 2.18. The quantitative estimate of drug-likeness (QED) is 0.670. The predicted octanol–water partition coefficient (Wildman–Crippen LogP) is 0.916. The maximum Gasteiger partial charge on any atom is 0.232 e. The Bertz CT molecular complexity index is 594. The Morgan fingerprint density at radius 1 is 1.20 bits per heavy atom. The second kappa shape index (κ2) is 10.2. The summed E-state index contributed by atoms with van der Waals surface area (Å²) in [4.78, 5) is 38.1. The van der Waals surface area contributed by atoms with Crippen LogP contribution in [0.4, 0.5) is 0 Å². The van der Waals surface area contributed by atoms with Crippen LogP contribution in [0.2, 0.25) is 0 Å². The van der Waals surface area contributed by atoms with Crippen molar-refractivity contribution in [2.45, 2.75) is 12.8 Å². The molecule has 136 valence electrons. The summed E-state index contributed by atoms with van der Waals surface area (Å²) < 4.78 is 0. The largest absolute Gasteiger partial charge is 0.355 e. The highest BCUT2D eigenvalue weighted by atomic mass is 32.2. The van der Waals surface area contributed by atoms with Gasteiger partial charge in [-0.2, -0.15) is 0 Å². The lowest BCUT2D eigenvalue weighted by molar-refractivity contribution is -0.133. The summed E-state index contributed by atoms with van der Waals surface area (Å²) in [7, 11) is 0. The van der Waals surface area contributed by atoms with E-state index in [1.54, 1.807) is 17.0 Å². The van der Waals surface area contributed by atoms with E-state index in [9.17, 15) is 14.4 Å². The molecule has 1 heterocycles.